The van der Waals surface area contributed by atoms with E-state index in [1.54, 1.807) is 13.2 Å². The topological polar surface area (TPSA) is 51.0 Å². The molecule has 0 bridgehead atoms. The van der Waals surface area contributed by atoms with E-state index in [4.69, 9.17) is 14.7 Å². The van der Waals surface area contributed by atoms with E-state index < -0.39 is 0 Å². The summed E-state index contributed by atoms with van der Waals surface area (Å²) in [5.41, 5.74) is 1.49. The average molecular weight is 193 g/mol. The van der Waals surface area contributed by atoms with E-state index in [2.05, 4.69) is 5.16 Å². The lowest BCUT2D eigenvalue weighted by Gasteiger charge is -2.18. The van der Waals surface area contributed by atoms with Crippen LogP contribution in [0.15, 0.2) is 23.4 Å². The van der Waals surface area contributed by atoms with Crippen molar-refractivity contribution in [2.45, 2.75) is 6.42 Å². The summed E-state index contributed by atoms with van der Waals surface area (Å²) in [6, 6.07) is 5.45. The molecule has 4 heteroatoms. The van der Waals surface area contributed by atoms with Gasteiger partial charge in [0.05, 0.1) is 19.4 Å². The Labute approximate surface area is 81.8 Å². The third kappa shape index (κ3) is 1.39. The van der Waals surface area contributed by atoms with Crippen LogP contribution >= 0.6 is 0 Å². The number of nitrogens with zero attached hydrogens (tertiary/aromatic N) is 1. The summed E-state index contributed by atoms with van der Waals surface area (Å²) >= 11 is 0. The van der Waals surface area contributed by atoms with E-state index in [9.17, 15) is 0 Å². The molecule has 0 saturated carbocycles. The number of benzene rings is 1. The lowest BCUT2D eigenvalue weighted by atomic mass is 10.0. The minimum Gasteiger partial charge on any atom is -0.497 e. The highest BCUT2D eigenvalue weighted by molar-refractivity contribution is 6.03. The van der Waals surface area contributed by atoms with Gasteiger partial charge in [-0.2, -0.15) is 0 Å². The Morgan fingerprint density at radius 2 is 2.36 bits per heavy atom. The Morgan fingerprint density at radius 1 is 1.50 bits per heavy atom. The molecule has 0 amide bonds. The fourth-order valence-electron chi connectivity index (χ4n) is 1.48. The van der Waals surface area contributed by atoms with Crippen molar-refractivity contribution < 1.29 is 14.7 Å². The third-order valence-corrected chi connectivity index (χ3v) is 2.22. The van der Waals surface area contributed by atoms with E-state index in [1.807, 2.05) is 12.1 Å². The predicted octanol–water partition coefficient (Wildman–Crippen LogP) is 1.66. The molecule has 14 heavy (non-hydrogen) atoms. The van der Waals surface area contributed by atoms with Crippen molar-refractivity contribution in [1.82, 2.24) is 0 Å². The molecule has 1 aromatic carbocycles. The molecule has 0 fully saturated rings. The largest absolute Gasteiger partial charge is 0.497 e. The second-order valence-corrected chi connectivity index (χ2v) is 3.01. The molecule has 0 aromatic heterocycles. The predicted molar refractivity (Wildman–Crippen MR) is 51.4 cm³/mol. The highest BCUT2D eigenvalue weighted by Crippen LogP contribution is 2.29. The van der Waals surface area contributed by atoms with Crippen LogP contribution in [0.1, 0.15) is 12.0 Å². The van der Waals surface area contributed by atoms with Crippen molar-refractivity contribution >= 4 is 5.71 Å². The van der Waals surface area contributed by atoms with Crippen LogP contribution in [0.5, 0.6) is 11.5 Å². The minimum atomic E-state index is 0.541. The van der Waals surface area contributed by atoms with Crippen LogP contribution in [-0.2, 0) is 0 Å². The van der Waals surface area contributed by atoms with Gasteiger partial charge in [0.25, 0.3) is 0 Å². The molecule has 4 nitrogen and oxygen atoms in total. The Morgan fingerprint density at radius 3 is 3.07 bits per heavy atom. The summed E-state index contributed by atoms with van der Waals surface area (Å²) < 4.78 is 10.5. The van der Waals surface area contributed by atoms with Gasteiger partial charge in [-0.3, -0.25) is 0 Å². The summed E-state index contributed by atoms with van der Waals surface area (Å²) in [7, 11) is 1.60. The molecule has 0 saturated heterocycles. The van der Waals surface area contributed by atoms with E-state index in [0.29, 0.717) is 24.5 Å². The molecule has 1 aliphatic heterocycles. The van der Waals surface area contributed by atoms with Gasteiger partial charge in [-0.15, -0.1) is 0 Å². The van der Waals surface area contributed by atoms with Crippen LogP contribution in [0.2, 0.25) is 0 Å². The van der Waals surface area contributed by atoms with Crippen molar-refractivity contribution in [2.75, 3.05) is 13.7 Å². The maximum Gasteiger partial charge on any atom is 0.132 e. The summed E-state index contributed by atoms with van der Waals surface area (Å²) in [4.78, 5) is 0. The molecule has 1 aromatic rings. The second kappa shape index (κ2) is 3.57. The Kier molecular flexibility index (Phi) is 2.26. The molecule has 2 rings (SSSR count). The SMILES string of the molecule is COc1ccc2c(c1)OCC/C2=N\O. The molecule has 74 valence electrons. The van der Waals surface area contributed by atoms with Gasteiger partial charge in [-0.05, 0) is 12.1 Å². The molecular formula is C10H11NO3. The molecule has 0 aliphatic carbocycles. The van der Waals surface area contributed by atoms with Crippen LogP contribution in [0.25, 0.3) is 0 Å². The zero-order valence-corrected chi connectivity index (χ0v) is 7.86. The molecule has 0 radical (unpaired) electrons. The molecule has 1 heterocycles. The van der Waals surface area contributed by atoms with Crippen molar-refractivity contribution in [1.29, 1.82) is 0 Å². The first kappa shape index (κ1) is 8.87. The number of hydrogen-bond acceptors (Lipinski definition) is 4. The molecular weight excluding hydrogens is 182 g/mol. The number of hydrogen-bond donors (Lipinski definition) is 1. The summed E-state index contributed by atoms with van der Waals surface area (Å²) in [6.07, 6.45) is 0.635. The first-order valence-electron chi connectivity index (χ1n) is 4.37. The fraction of sp³-hybridized carbons (Fsp3) is 0.300. The number of ether oxygens (including phenoxy) is 2. The van der Waals surface area contributed by atoms with Gasteiger partial charge in [0.15, 0.2) is 0 Å². The van der Waals surface area contributed by atoms with Gasteiger partial charge < -0.3 is 14.7 Å². The number of rotatable bonds is 1. The van der Waals surface area contributed by atoms with Gasteiger partial charge >= 0.3 is 0 Å². The zero-order chi connectivity index (χ0) is 9.97. The van der Waals surface area contributed by atoms with Crippen LogP contribution in [0.3, 0.4) is 0 Å². The quantitative estimate of drug-likeness (QED) is 0.545. The standard InChI is InChI=1S/C10H11NO3/c1-13-7-2-3-8-9(11-12)4-5-14-10(8)6-7/h2-3,6,12H,4-5H2,1H3/b11-9+. The average Bonchev–Trinajstić information content (AvgIpc) is 2.27. The normalized spacial score (nSPS) is 17.4. The Hall–Kier alpha value is -1.71. The van der Waals surface area contributed by atoms with Crippen LogP contribution in [-0.4, -0.2) is 24.6 Å². The first-order chi connectivity index (χ1) is 6.85. The van der Waals surface area contributed by atoms with Crippen LogP contribution in [0.4, 0.5) is 0 Å². The third-order valence-electron chi connectivity index (χ3n) is 2.22. The van der Waals surface area contributed by atoms with E-state index in [-0.39, 0.29) is 0 Å². The lowest BCUT2D eigenvalue weighted by Crippen LogP contribution is -2.16. The molecule has 0 atom stereocenters. The number of oxime groups is 1. The minimum absolute atomic E-state index is 0.541. The Balaban J connectivity index is 2.46. The summed E-state index contributed by atoms with van der Waals surface area (Å²) in [5, 5.41) is 12.0. The van der Waals surface area contributed by atoms with Gasteiger partial charge in [-0.1, -0.05) is 5.16 Å². The van der Waals surface area contributed by atoms with Crippen molar-refractivity contribution in [3.05, 3.63) is 23.8 Å². The lowest BCUT2D eigenvalue weighted by molar-refractivity contribution is 0.296. The number of fused-ring (bicyclic) bond motifs is 1. The van der Waals surface area contributed by atoms with E-state index in [1.165, 1.54) is 0 Å². The first-order valence-corrected chi connectivity index (χ1v) is 4.37. The van der Waals surface area contributed by atoms with Crippen molar-refractivity contribution in [3.63, 3.8) is 0 Å². The second-order valence-electron chi connectivity index (χ2n) is 3.01. The van der Waals surface area contributed by atoms with E-state index >= 15 is 0 Å². The molecule has 0 unspecified atom stereocenters. The maximum atomic E-state index is 8.77. The van der Waals surface area contributed by atoms with Gasteiger partial charge in [0.1, 0.15) is 11.5 Å². The monoisotopic (exact) mass is 193 g/mol. The highest BCUT2D eigenvalue weighted by Gasteiger charge is 2.17. The summed E-state index contributed by atoms with van der Waals surface area (Å²) in [5.74, 6) is 1.45. The van der Waals surface area contributed by atoms with Gasteiger partial charge in [0.2, 0.25) is 0 Å². The zero-order valence-electron chi connectivity index (χ0n) is 7.86. The molecule has 1 aliphatic rings. The maximum absolute atomic E-state index is 8.77. The van der Waals surface area contributed by atoms with Gasteiger partial charge in [0, 0.05) is 18.1 Å². The Bertz CT molecular complexity index is 374. The van der Waals surface area contributed by atoms with Crippen molar-refractivity contribution in [3.8, 4) is 11.5 Å². The van der Waals surface area contributed by atoms with E-state index in [0.717, 1.165) is 11.3 Å². The van der Waals surface area contributed by atoms with Crippen LogP contribution in [0, 0.1) is 0 Å². The molecule has 0 spiro atoms. The summed E-state index contributed by atoms with van der Waals surface area (Å²) in [6.45, 7) is 0.541. The fourth-order valence-corrected chi connectivity index (χ4v) is 1.48. The van der Waals surface area contributed by atoms with Crippen LogP contribution < -0.4 is 9.47 Å². The highest BCUT2D eigenvalue weighted by atomic mass is 16.5. The number of methoxy groups -OCH3 is 1. The van der Waals surface area contributed by atoms with Gasteiger partial charge in [-0.25, -0.2) is 0 Å². The molecule has 1 N–H and O–H groups in total. The van der Waals surface area contributed by atoms with Crippen molar-refractivity contribution in [2.24, 2.45) is 5.16 Å². The smallest absolute Gasteiger partial charge is 0.132 e.